The van der Waals surface area contributed by atoms with Crippen molar-refractivity contribution in [3.8, 4) is 0 Å². The fourth-order valence-electron chi connectivity index (χ4n) is 1.28. The Labute approximate surface area is 128 Å². The van der Waals surface area contributed by atoms with E-state index >= 15 is 0 Å². The van der Waals surface area contributed by atoms with Crippen LogP contribution in [0.4, 0.5) is 0 Å². The minimum Gasteiger partial charge on any atom is -0.381 e. The summed E-state index contributed by atoms with van der Waals surface area (Å²) >= 11 is 4.77. The van der Waals surface area contributed by atoms with Gasteiger partial charge in [-0.05, 0) is 25.7 Å². The molecule has 0 radical (unpaired) electrons. The molecule has 0 fully saturated rings. The number of ether oxygens (including phenoxy) is 2. The molecule has 0 heterocycles. The Bertz CT molecular complexity index is 110. The monoisotopic (exact) mass is 454 g/mol. The summed E-state index contributed by atoms with van der Waals surface area (Å²) < 4.78 is 13.4. The van der Waals surface area contributed by atoms with Crippen molar-refractivity contribution in [1.29, 1.82) is 0 Å². The summed E-state index contributed by atoms with van der Waals surface area (Å²) in [6.07, 6.45) is 7.33. The molecule has 0 amide bonds. The lowest BCUT2D eigenvalue weighted by Gasteiger charge is -2.04. The van der Waals surface area contributed by atoms with E-state index < -0.39 is 0 Å². The third-order valence-corrected chi connectivity index (χ3v) is 3.70. The lowest BCUT2D eigenvalue weighted by molar-refractivity contribution is 0.123. The van der Waals surface area contributed by atoms with Gasteiger partial charge in [-0.2, -0.15) is 0 Å². The molecule has 98 valence electrons. The molecule has 0 aliphatic heterocycles. The summed E-state index contributed by atoms with van der Waals surface area (Å²) in [4.78, 5) is 0. The van der Waals surface area contributed by atoms with E-state index in [4.69, 9.17) is 9.47 Å². The van der Waals surface area contributed by atoms with Crippen LogP contribution >= 0.6 is 45.2 Å². The minimum atomic E-state index is 0.933. The van der Waals surface area contributed by atoms with Gasteiger partial charge in [0.15, 0.2) is 0 Å². The van der Waals surface area contributed by atoms with Gasteiger partial charge < -0.3 is 9.47 Å². The van der Waals surface area contributed by atoms with E-state index in [-0.39, 0.29) is 0 Å². The summed E-state index contributed by atoms with van der Waals surface area (Å²) in [6.45, 7) is 3.74. The first kappa shape index (κ1) is 17.4. The quantitative estimate of drug-likeness (QED) is 0.236. The van der Waals surface area contributed by atoms with E-state index in [0.717, 1.165) is 26.4 Å². The van der Waals surface area contributed by atoms with Crippen LogP contribution in [-0.2, 0) is 9.47 Å². The number of halogens is 2. The Morgan fingerprint density at radius 3 is 1.25 bits per heavy atom. The minimum absolute atomic E-state index is 0.933. The maximum atomic E-state index is 5.50. The lowest BCUT2D eigenvalue weighted by Crippen LogP contribution is -1.99. The summed E-state index contributed by atoms with van der Waals surface area (Å²) in [6, 6.07) is 0. The molecule has 0 bridgehead atoms. The molecule has 0 rings (SSSR count). The van der Waals surface area contributed by atoms with Crippen molar-refractivity contribution in [1.82, 2.24) is 0 Å². The second kappa shape index (κ2) is 16.4. The fraction of sp³-hybridized carbons (Fsp3) is 1.00. The van der Waals surface area contributed by atoms with E-state index in [1.807, 2.05) is 0 Å². The number of alkyl halides is 2. The molecule has 16 heavy (non-hydrogen) atoms. The zero-order valence-electron chi connectivity index (χ0n) is 10.1. The zero-order chi connectivity index (χ0) is 11.9. The van der Waals surface area contributed by atoms with Gasteiger partial charge in [-0.25, -0.2) is 0 Å². The third-order valence-electron chi connectivity index (χ3n) is 2.17. The first-order valence-corrected chi connectivity index (χ1v) is 9.24. The predicted octanol–water partition coefficient (Wildman–Crippen LogP) is 4.23. The van der Waals surface area contributed by atoms with Crippen LogP contribution in [0.3, 0.4) is 0 Å². The average molecular weight is 454 g/mol. The van der Waals surface area contributed by atoms with Gasteiger partial charge in [0.25, 0.3) is 0 Å². The van der Waals surface area contributed by atoms with Gasteiger partial charge in [-0.1, -0.05) is 58.0 Å². The highest BCUT2D eigenvalue weighted by atomic mass is 127. The molecule has 4 heteroatoms. The number of hydrogen-bond acceptors (Lipinski definition) is 2. The van der Waals surface area contributed by atoms with Crippen molar-refractivity contribution in [2.45, 2.75) is 38.5 Å². The van der Waals surface area contributed by atoms with Crippen molar-refractivity contribution in [2.75, 3.05) is 35.3 Å². The summed E-state index contributed by atoms with van der Waals surface area (Å²) in [7, 11) is 0. The van der Waals surface area contributed by atoms with Crippen molar-refractivity contribution < 1.29 is 9.47 Å². The second-order valence-electron chi connectivity index (χ2n) is 3.72. The van der Waals surface area contributed by atoms with Crippen LogP contribution in [0.25, 0.3) is 0 Å². The maximum Gasteiger partial charge on any atom is 0.0473 e. The molecule has 0 aromatic heterocycles. The van der Waals surface area contributed by atoms with Crippen LogP contribution in [0.15, 0.2) is 0 Å². The van der Waals surface area contributed by atoms with Crippen molar-refractivity contribution in [3.05, 3.63) is 0 Å². The zero-order valence-corrected chi connectivity index (χ0v) is 14.4. The SMILES string of the molecule is ICCCOCCCCCCOCCCI. The van der Waals surface area contributed by atoms with Gasteiger partial charge in [-0.15, -0.1) is 0 Å². The normalized spacial score (nSPS) is 10.9. The maximum absolute atomic E-state index is 5.50. The van der Waals surface area contributed by atoms with E-state index in [0.29, 0.717) is 0 Å². The van der Waals surface area contributed by atoms with Gasteiger partial charge in [0, 0.05) is 35.3 Å². The Morgan fingerprint density at radius 1 is 0.500 bits per heavy atom. The van der Waals surface area contributed by atoms with Gasteiger partial charge >= 0.3 is 0 Å². The molecule has 0 unspecified atom stereocenters. The molecule has 0 N–H and O–H groups in total. The van der Waals surface area contributed by atoms with E-state index in [2.05, 4.69) is 45.2 Å². The van der Waals surface area contributed by atoms with Crippen molar-refractivity contribution in [2.24, 2.45) is 0 Å². The van der Waals surface area contributed by atoms with Crippen LogP contribution < -0.4 is 0 Å². The van der Waals surface area contributed by atoms with Crippen LogP contribution in [0.1, 0.15) is 38.5 Å². The first-order valence-electron chi connectivity index (χ1n) is 6.19. The van der Waals surface area contributed by atoms with Crippen LogP contribution in [0.2, 0.25) is 0 Å². The van der Waals surface area contributed by atoms with Gasteiger partial charge in [0.1, 0.15) is 0 Å². The molecule has 2 nitrogen and oxygen atoms in total. The number of unbranched alkanes of at least 4 members (excludes halogenated alkanes) is 3. The molecule has 0 saturated heterocycles. The van der Waals surface area contributed by atoms with Crippen LogP contribution in [0.5, 0.6) is 0 Å². The molecule has 0 aromatic rings. The van der Waals surface area contributed by atoms with Gasteiger partial charge in [-0.3, -0.25) is 0 Å². The highest BCUT2D eigenvalue weighted by Gasteiger charge is 1.92. The number of hydrogen-bond donors (Lipinski definition) is 0. The fourth-order valence-corrected chi connectivity index (χ4v) is 1.90. The second-order valence-corrected chi connectivity index (χ2v) is 5.88. The van der Waals surface area contributed by atoms with E-state index in [1.54, 1.807) is 0 Å². The number of rotatable bonds is 13. The molecular formula is C12H24I2O2. The average Bonchev–Trinajstić information content (AvgIpc) is 2.31. The Hall–Kier alpha value is 1.38. The molecule has 0 aliphatic carbocycles. The molecule has 0 aliphatic rings. The predicted molar refractivity (Wildman–Crippen MR) is 87.1 cm³/mol. The smallest absolute Gasteiger partial charge is 0.0473 e. The molecule has 0 aromatic carbocycles. The van der Waals surface area contributed by atoms with E-state index in [9.17, 15) is 0 Å². The third kappa shape index (κ3) is 15.4. The Kier molecular flexibility index (Phi) is 17.8. The summed E-state index contributed by atoms with van der Waals surface area (Å²) in [5.74, 6) is 0. The highest BCUT2D eigenvalue weighted by molar-refractivity contribution is 14.1. The first-order chi connectivity index (χ1) is 7.91. The highest BCUT2D eigenvalue weighted by Crippen LogP contribution is 2.01. The summed E-state index contributed by atoms with van der Waals surface area (Å²) in [5.41, 5.74) is 0. The summed E-state index contributed by atoms with van der Waals surface area (Å²) in [5, 5.41) is 0. The molecular weight excluding hydrogens is 430 g/mol. The van der Waals surface area contributed by atoms with Crippen molar-refractivity contribution in [3.63, 3.8) is 0 Å². The molecule has 0 saturated carbocycles. The topological polar surface area (TPSA) is 18.5 Å². The molecule has 0 spiro atoms. The van der Waals surface area contributed by atoms with Crippen molar-refractivity contribution >= 4 is 45.2 Å². The Morgan fingerprint density at radius 2 is 0.875 bits per heavy atom. The van der Waals surface area contributed by atoms with Gasteiger partial charge in [0.05, 0.1) is 0 Å². The van der Waals surface area contributed by atoms with E-state index in [1.165, 1.54) is 47.4 Å². The largest absolute Gasteiger partial charge is 0.381 e. The lowest BCUT2D eigenvalue weighted by atomic mass is 10.2. The molecule has 0 atom stereocenters. The van der Waals surface area contributed by atoms with Crippen LogP contribution in [-0.4, -0.2) is 35.3 Å². The standard InChI is InChI=1S/C12H24I2O2/c13-7-5-11-15-9-3-1-2-4-10-16-12-6-8-14/h1-12H2. The van der Waals surface area contributed by atoms with Gasteiger partial charge in [0.2, 0.25) is 0 Å². The Balaban J connectivity index is 2.83. The van der Waals surface area contributed by atoms with Crippen LogP contribution in [0, 0.1) is 0 Å².